The largest absolute Gasteiger partial charge is 0.487 e. The van der Waals surface area contributed by atoms with Crippen LogP contribution in [0.1, 0.15) is 118 Å². The summed E-state index contributed by atoms with van der Waals surface area (Å²) in [6.07, 6.45) is 9.78. The van der Waals surface area contributed by atoms with Crippen molar-refractivity contribution in [1.82, 2.24) is 34.2 Å². The lowest BCUT2D eigenvalue weighted by molar-refractivity contribution is -0.135. The average Bonchev–Trinajstić information content (AvgIpc) is 3.59. The van der Waals surface area contributed by atoms with Crippen LogP contribution in [0.15, 0.2) is 77.7 Å². The van der Waals surface area contributed by atoms with Gasteiger partial charge < -0.3 is 19.4 Å². The number of rotatable bonds is 11. The molecule has 5 aromatic rings. The first-order valence-electron chi connectivity index (χ1n) is 24.4. The molecular formula is C53H61ClFN9O4. The van der Waals surface area contributed by atoms with Crippen molar-refractivity contribution in [1.29, 1.82) is 5.26 Å². The van der Waals surface area contributed by atoms with E-state index in [0.717, 1.165) is 110 Å². The highest BCUT2D eigenvalue weighted by Gasteiger charge is 2.50. The number of nitrogens with zero attached hydrogens (tertiary/aromatic N) is 8. The van der Waals surface area contributed by atoms with E-state index in [1.807, 2.05) is 48.7 Å². The van der Waals surface area contributed by atoms with Gasteiger partial charge in [-0.1, -0.05) is 49.7 Å². The summed E-state index contributed by atoms with van der Waals surface area (Å²) in [5.41, 5.74) is 4.63. The fourth-order valence-electron chi connectivity index (χ4n) is 12.0. The highest BCUT2D eigenvalue weighted by atomic mass is 35.5. The molecule has 4 saturated heterocycles. The molecule has 6 heterocycles. The number of imidazole rings is 1. The van der Waals surface area contributed by atoms with Crippen LogP contribution >= 0.6 is 11.6 Å². The SMILES string of the molecule is Cn1c(=O)n(C2CCC(=O)NC2=O)c2cccc(C3CCN(CC4(F)CCN(C5CC6(CCN(c7nccc(COc8ccc(C(C)(C)c9cc(Cl)cc(C#N)c9)cc8)n7)CC6)C5)CC4)CC3)c21. The minimum atomic E-state index is -1.19. The van der Waals surface area contributed by atoms with Gasteiger partial charge in [-0.3, -0.25) is 24.0 Å². The van der Waals surface area contributed by atoms with Crippen molar-refractivity contribution in [3.05, 3.63) is 116 Å². The molecule has 1 N–H and O–H groups in total. The monoisotopic (exact) mass is 941 g/mol. The van der Waals surface area contributed by atoms with E-state index in [9.17, 15) is 19.6 Å². The number of halogens is 2. The number of nitrogens with one attached hydrogen (secondary N) is 1. The van der Waals surface area contributed by atoms with Crippen molar-refractivity contribution >= 4 is 40.4 Å². The minimum absolute atomic E-state index is 0.207. The Kier molecular flexibility index (Phi) is 12.5. The van der Waals surface area contributed by atoms with Gasteiger partial charge in [0.25, 0.3) is 0 Å². The number of hydrogen-bond donors (Lipinski definition) is 1. The summed E-state index contributed by atoms with van der Waals surface area (Å²) in [6.45, 7) is 10.1. The van der Waals surface area contributed by atoms with Crippen LogP contribution in [0.2, 0.25) is 5.02 Å². The number of para-hydroxylation sites is 1. The van der Waals surface area contributed by atoms with Crippen LogP contribution in [0.25, 0.3) is 11.0 Å². The van der Waals surface area contributed by atoms with Gasteiger partial charge in [0.2, 0.25) is 17.8 Å². The number of fused-ring (bicyclic) bond motifs is 1. The molecule has 0 radical (unpaired) electrons. The van der Waals surface area contributed by atoms with E-state index in [-0.39, 0.29) is 29.4 Å². The number of imide groups is 1. The van der Waals surface area contributed by atoms with Crippen LogP contribution in [0.3, 0.4) is 0 Å². The molecule has 68 heavy (non-hydrogen) atoms. The lowest BCUT2D eigenvalue weighted by Crippen LogP contribution is -2.58. The van der Waals surface area contributed by atoms with Crippen LogP contribution in [0, 0.1) is 16.7 Å². The molecule has 1 atom stereocenters. The molecule has 0 bridgehead atoms. The number of aryl methyl sites for hydroxylation is 1. The van der Waals surface area contributed by atoms with Crippen LogP contribution < -0.4 is 20.6 Å². The first-order valence-corrected chi connectivity index (χ1v) is 24.8. The summed E-state index contributed by atoms with van der Waals surface area (Å²) < 4.78 is 25.9. The molecule has 1 spiro atoms. The van der Waals surface area contributed by atoms with Gasteiger partial charge in [-0.15, -0.1) is 0 Å². The third kappa shape index (κ3) is 9.05. The van der Waals surface area contributed by atoms with Gasteiger partial charge in [-0.25, -0.2) is 19.2 Å². The van der Waals surface area contributed by atoms with Crippen LogP contribution in [-0.4, -0.2) is 98.2 Å². The third-order valence-electron chi connectivity index (χ3n) is 16.3. The lowest BCUT2D eigenvalue weighted by atomic mass is 9.59. The zero-order valence-electron chi connectivity index (χ0n) is 39.4. The second-order valence-electron chi connectivity index (χ2n) is 20.8. The molecule has 4 aliphatic heterocycles. The van der Waals surface area contributed by atoms with Crippen molar-refractivity contribution in [2.45, 2.75) is 114 Å². The molecule has 2 aromatic heterocycles. The standard InChI is InChI=1S/C53H61ClFN9O4/c1-51(2,38-27-35(32-56)28-39(54)29-38)37-7-9-42(10-8-37)68-33-40-13-20-57-49(58-40)63-23-16-52(17-24-63)30-41(31-52)62-25-18-53(55,19-26-62)34-61-21-14-36(15-22-61)43-5-4-6-44-47(43)60(3)50(67)64(44)45-11-12-46(65)59-48(45)66/h4-10,13,20,27-29,36,41,45H,11-12,14-19,21-26,30-31,33-34H2,1-3H3,(H,59,65,66). The van der Waals surface area contributed by atoms with Crippen molar-refractivity contribution < 1.29 is 18.7 Å². The summed E-state index contributed by atoms with van der Waals surface area (Å²) in [5.74, 6) is 0.991. The fraction of sp³-hybridized carbons (Fsp3) is 0.509. The molecule has 3 aromatic carbocycles. The quantitative estimate of drug-likeness (QED) is 0.130. The second-order valence-corrected chi connectivity index (χ2v) is 21.2. The highest BCUT2D eigenvalue weighted by molar-refractivity contribution is 6.30. The van der Waals surface area contributed by atoms with E-state index < -0.39 is 17.6 Å². The van der Waals surface area contributed by atoms with Gasteiger partial charge in [0.05, 0.1) is 28.4 Å². The fourth-order valence-corrected chi connectivity index (χ4v) is 12.2. The maximum atomic E-state index is 16.5. The summed E-state index contributed by atoms with van der Waals surface area (Å²) >= 11 is 6.32. The van der Waals surface area contributed by atoms with E-state index in [4.69, 9.17) is 21.3 Å². The summed E-state index contributed by atoms with van der Waals surface area (Å²) in [4.78, 5) is 54.8. The molecule has 15 heteroatoms. The topological polar surface area (TPSA) is 142 Å². The number of nitriles is 1. The smallest absolute Gasteiger partial charge is 0.329 e. The van der Waals surface area contributed by atoms with E-state index in [0.29, 0.717) is 54.5 Å². The Morgan fingerprint density at radius 2 is 1.65 bits per heavy atom. The number of ether oxygens (including phenoxy) is 1. The average molecular weight is 943 g/mol. The van der Waals surface area contributed by atoms with Crippen molar-refractivity contribution in [2.75, 3.05) is 50.7 Å². The number of anilines is 1. The molecule has 2 amide bonds. The van der Waals surface area contributed by atoms with Gasteiger partial charge in [0.1, 0.15) is 24.1 Å². The van der Waals surface area contributed by atoms with Crippen molar-refractivity contribution in [2.24, 2.45) is 12.5 Å². The summed E-state index contributed by atoms with van der Waals surface area (Å²) in [6, 6.07) is 23.4. The van der Waals surface area contributed by atoms with Gasteiger partial charge in [-0.2, -0.15) is 5.26 Å². The Bertz CT molecular complexity index is 2800. The Labute approximate surface area is 402 Å². The maximum Gasteiger partial charge on any atom is 0.329 e. The minimum Gasteiger partial charge on any atom is -0.487 e. The van der Waals surface area contributed by atoms with Crippen molar-refractivity contribution in [3.63, 3.8) is 0 Å². The molecule has 13 nitrogen and oxygen atoms in total. The number of carbonyl (C=O) groups excluding carboxylic acids is 2. The number of benzene rings is 3. The second kappa shape index (κ2) is 18.4. The van der Waals surface area contributed by atoms with E-state index in [2.05, 4.69) is 63.1 Å². The Hall–Kier alpha value is -5.62. The van der Waals surface area contributed by atoms with Crippen LogP contribution in [0.5, 0.6) is 5.75 Å². The molecule has 5 fully saturated rings. The van der Waals surface area contributed by atoms with Crippen LogP contribution in [-0.2, 0) is 28.7 Å². The molecular weight excluding hydrogens is 881 g/mol. The van der Waals surface area contributed by atoms with Gasteiger partial charge >= 0.3 is 5.69 Å². The molecule has 5 aliphatic rings. The number of aromatic nitrogens is 4. The molecule has 1 saturated carbocycles. The summed E-state index contributed by atoms with van der Waals surface area (Å²) in [7, 11) is 1.76. The number of amides is 2. The highest BCUT2D eigenvalue weighted by Crippen LogP contribution is 2.52. The molecule has 10 rings (SSSR count). The van der Waals surface area contributed by atoms with Gasteiger partial charge in [0, 0.05) is 68.9 Å². The third-order valence-corrected chi connectivity index (χ3v) is 16.5. The first kappa shape index (κ1) is 46.1. The lowest BCUT2D eigenvalue weighted by Gasteiger charge is -2.56. The number of alkyl halides is 1. The Morgan fingerprint density at radius 3 is 2.35 bits per heavy atom. The number of piperidine rings is 4. The zero-order valence-corrected chi connectivity index (χ0v) is 40.1. The molecule has 1 aliphatic carbocycles. The van der Waals surface area contributed by atoms with Crippen LogP contribution in [0.4, 0.5) is 10.3 Å². The molecule has 1 unspecified atom stereocenters. The summed E-state index contributed by atoms with van der Waals surface area (Å²) in [5, 5.41) is 12.4. The Morgan fingerprint density at radius 1 is 0.912 bits per heavy atom. The van der Waals surface area contributed by atoms with E-state index in [1.165, 1.54) is 12.8 Å². The number of hydrogen-bond acceptors (Lipinski definition) is 10. The van der Waals surface area contributed by atoms with Gasteiger partial charge in [-0.05, 0) is 141 Å². The predicted molar refractivity (Wildman–Crippen MR) is 260 cm³/mol. The van der Waals surface area contributed by atoms with E-state index >= 15 is 4.39 Å². The number of likely N-dealkylation sites (tertiary alicyclic amines) is 2. The predicted octanol–water partition coefficient (Wildman–Crippen LogP) is 7.97. The number of carbonyl (C=O) groups is 2. The maximum absolute atomic E-state index is 16.5. The zero-order chi connectivity index (χ0) is 47.4. The normalized spacial score (nSPS) is 21.7. The Balaban J connectivity index is 0.665. The first-order chi connectivity index (χ1) is 32.7. The van der Waals surface area contributed by atoms with Crippen molar-refractivity contribution in [3.8, 4) is 11.8 Å². The van der Waals surface area contributed by atoms with Gasteiger partial charge in [0.15, 0.2) is 0 Å². The molecule has 356 valence electrons. The van der Waals surface area contributed by atoms with E-state index in [1.54, 1.807) is 22.2 Å².